The summed E-state index contributed by atoms with van der Waals surface area (Å²) >= 11 is 0. The first-order valence-electron chi connectivity index (χ1n) is 9.36. The molecule has 0 bridgehead atoms. The number of hydrogen-bond acceptors (Lipinski definition) is 4. The van der Waals surface area contributed by atoms with Crippen molar-refractivity contribution >= 4 is 23.4 Å². The van der Waals surface area contributed by atoms with Crippen LogP contribution in [0.15, 0.2) is 72.8 Å². The van der Waals surface area contributed by atoms with Crippen LogP contribution in [0.5, 0.6) is 5.75 Å². The van der Waals surface area contributed by atoms with Gasteiger partial charge in [0.25, 0.3) is 11.8 Å². The summed E-state index contributed by atoms with van der Waals surface area (Å²) in [4.78, 5) is 35.5. The zero-order valence-electron chi connectivity index (χ0n) is 16.4. The minimum absolute atomic E-state index is 0.226. The van der Waals surface area contributed by atoms with Gasteiger partial charge >= 0.3 is 0 Å². The van der Waals surface area contributed by atoms with Crippen LogP contribution in [0.2, 0.25) is 0 Å². The molecule has 3 aromatic carbocycles. The van der Waals surface area contributed by atoms with E-state index in [-0.39, 0.29) is 30.5 Å². The van der Waals surface area contributed by atoms with E-state index in [2.05, 4.69) is 10.6 Å². The molecule has 0 aliphatic carbocycles. The van der Waals surface area contributed by atoms with Gasteiger partial charge in [-0.2, -0.15) is 0 Å². The van der Waals surface area contributed by atoms with Crippen molar-refractivity contribution in [2.75, 3.05) is 11.9 Å². The lowest BCUT2D eigenvalue weighted by Crippen LogP contribution is -2.28. The minimum Gasteiger partial charge on any atom is -0.484 e. The summed E-state index contributed by atoms with van der Waals surface area (Å²) in [5.74, 6) is -1.37. The Hall–Kier alpha value is -4.20. The Morgan fingerprint density at radius 2 is 1.65 bits per heavy atom. The van der Waals surface area contributed by atoms with E-state index in [0.717, 1.165) is 5.56 Å². The first-order valence-corrected chi connectivity index (χ1v) is 9.36. The molecule has 0 aliphatic rings. The molecule has 0 radical (unpaired) electrons. The molecule has 0 aromatic heterocycles. The molecule has 0 spiro atoms. The second-order valence-corrected chi connectivity index (χ2v) is 6.62. The predicted octanol–water partition coefficient (Wildman–Crippen LogP) is 2.87. The normalized spacial score (nSPS) is 10.2. The van der Waals surface area contributed by atoms with Crippen LogP contribution < -0.4 is 21.1 Å². The number of amides is 3. The smallest absolute Gasteiger partial charge is 0.258 e. The number of ether oxygens (including phenoxy) is 1. The lowest BCUT2D eigenvalue weighted by atomic mass is 10.1. The van der Waals surface area contributed by atoms with Crippen LogP contribution in [0, 0.1) is 5.82 Å². The van der Waals surface area contributed by atoms with Crippen molar-refractivity contribution < 1.29 is 23.5 Å². The maximum Gasteiger partial charge on any atom is 0.258 e. The van der Waals surface area contributed by atoms with Crippen LogP contribution >= 0.6 is 0 Å². The number of hydrogen-bond donors (Lipinski definition) is 3. The lowest BCUT2D eigenvalue weighted by Gasteiger charge is -2.10. The number of anilines is 1. The Kier molecular flexibility index (Phi) is 6.95. The molecule has 0 saturated heterocycles. The summed E-state index contributed by atoms with van der Waals surface area (Å²) in [6, 6.07) is 18.4. The number of carbonyl (C=O) groups is 3. The fraction of sp³-hybridized carbons (Fsp3) is 0.0870. The number of primary amides is 1. The summed E-state index contributed by atoms with van der Waals surface area (Å²) in [6.07, 6.45) is 0. The molecule has 0 saturated carbocycles. The molecule has 0 atom stereocenters. The topological polar surface area (TPSA) is 111 Å². The van der Waals surface area contributed by atoms with E-state index in [9.17, 15) is 18.8 Å². The second-order valence-electron chi connectivity index (χ2n) is 6.62. The molecule has 0 unspecified atom stereocenters. The van der Waals surface area contributed by atoms with E-state index in [4.69, 9.17) is 10.5 Å². The maximum atomic E-state index is 13.0. The van der Waals surface area contributed by atoms with Crippen molar-refractivity contribution in [2.24, 2.45) is 5.73 Å². The zero-order chi connectivity index (χ0) is 22.2. The summed E-state index contributed by atoms with van der Waals surface area (Å²) in [5.41, 5.74) is 7.14. The summed E-state index contributed by atoms with van der Waals surface area (Å²) in [7, 11) is 0. The third kappa shape index (κ3) is 6.40. The monoisotopic (exact) mass is 421 g/mol. The zero-order valence-corrected chi connectivity index (χ0v) is 16.4. The largest absolute Gasteiger partial charge is 0.484 e. The average molecular weight is 421 g/mol. The maximum absolute atomic E-state index is 13.0. The SMILES string of the molecule is NC(=O)c1cccc(OCC(=O)NCc2cccc(NC(=O)c3ccc(F)cc3)c2)c1. The van der Waals surface area contributed by atoms with Gasteiger partial charge in [0.15, 0.2) is 6.61 Å². The van der Waals surface area contributed by atoms with Crippen LogP contribution in [0.1, 0.15) is 26.3 Å². The first kappa shape index (κ1) is 21.5. The summed E-state index contributed by atoms with van der Waals surface area (Å²) in [5, 5.41) is 5.45. The number of nitrogens with one attached hydrogen (secondary N) is 2. The van der Waals surface area contributed by atoms with Crippen molar-refractivity contribution in [1.82, 2.24) is 5.32 Å². The average Bonchev–Trinajstić information content (AvgIpc) is 2.77. The molecule has 0 fully saturated rings. The van der Waals surface area contributed by atoms with Crippen molar-refractivity contribution in [3.05, 3.63) is 95.3 Å². The van der Waals surface area contributed by atoms with Crippen molar-refractivity contribution in [2.45, 2.75) is 6.54 Å². The Morgan fingerprint density at radius 1 is 0.903 bits per heavy atom. The lowest BCUT2D eigenvalue weighted by molar-refractivity contribution is -0.123. The quantitative estimate of drug-likeness (QED) is 0.519. The van der Waals surface area contributed by atoms with Gasteiger partial charge in [-0.05, 0) is 60.2 Å². The molecule has 4 N–H and O–H groups in total. The molecule has 7 nitrogen and oxygen atoms in total. The highest BCUT2D eigenvalue weighted by atomic mass is 19.1. The molecule has 3 amide bonds. The number of carbonyl (C=O) groups excluding carboxylic acids is 3. The standard InChI is InChI=1S/C23H20FN3O4/c24-18-9-7-16(8-10-18)23(30)27-19-5-1-3-15(11-19)13-26-21(28)14-31-20-6-2-4-17(12-20)22(25)29/h1-12H,13-14H2,(H2,25,29)(H,26,28)(H,27,30). The fourth-order valence-electron chi connectivity index (χ4n) is 2.70. The van der Waals surface area contributed by atoms with Gasteiger partial charge in [0, 0.05) is 23.4 Å². The van der Waals surface area contributed by atoms with E-state index in [1.165, 1.54) is 30.3 Å². The van der Waals surface area contributed by atoms with E-state index in [1.54, 1.807) is 42.5 Å². The molecular formula is C23H20FN3O4. The van der Waals surface area contributed by atoms with Crippen LogP contribution in [0.3, 0.4) is 0 Å². The third-order valence-electron chi connectivity index (χ3n) is 4.27. The van der Waals surface area contributed by atoms with Gasteiger partial charge in [-0.25, -0.2) is 4.39 Å². The van der Waals surface area contributed by atoms with E-state index in [1.807, 2.05) is 0 Å². The van der Waals surface area contributed by atoms with Crippen LogP contribution in [0.4, 0.5) is 10.1 Å². The highest BCUT2D eigenvalue weighted by Crippen LogP contribution is 2.14. The number of nitrogens with two attached hydrogens (primary N) is 1. The molecule has 3 aromatic rings. The number of benzene rings is 3. The van der Waals surface area contributed by atoms with Crippen molar-refractivity contribution in [3.63, 3.8) is 0 Å². The summed E-state index contributed by atoms with van der Waals surface area (Å²) in [6.45, 7) is -0.00696. The molecule has 8 heteroatoms. The van der Waals surface area contributed by atoms with Gasteiger partial charge in [0.1, 0.15) is 11.6 Å². The van der Waals surface area contributed by atoms with Crippen LogP contribution in [-0.4, -0.2) is 24.3 Å². The predicted molar refractivity (Wildman–Crippen MR) is 113 cm³/mol. The Morgan fingerprint density at radius 3 is 2.39 bits per heavy atom. The molecule has 0 aliphatic heterocycles. The second kappa shape index (κ2) is 10.0. The van der Waals surface area contributed by atoms with Crippen LogP contribution in [0.25, 0.3) is 0 Å². The van der Waals surface area contributed by atoms with Crippen molar-refractivity contribution in [3.8, 4) is 5.75 Å². The van der Waals surface area contributed by atoms with Gasteiger partial charge < -0.3 is 21.1 Å². The number of halogens is 1. The van der Waals surface area contributed by atoms with Gasteiger partial charge in [0.2, 0.25) is 5.91 Å². The molecular weight excluding hydrogens is 401 g/mol. The molecule has 0 heterocycles. The molecule has 158 valence electrons. The molecule has 31 heavy (non-hydrogen) atoms. The minimum atomic E-state index is -0.582. The Balaban J connectivity index is 1.51. The first-order chi connectivity index (χ1) is 14.9. The molecule has 3 rings (SSSR count). The third-order valence-corrected chi connectivity index (χ3v) is 4.27. The number of rotatable bonds is 8. The van der Waals surface area contributed by atoms with Crippen LogP contribution in [-0.2, 0) is 11.3 Å². The van der Waals surface area contributed by atoms with E-state index in [0.29, 0.717) is 17.0 Å². The van der Waals surface area contributed by atoms with Gasteiger partial charge in [-0.3, -0.25) is 14.4 Å². The fourth-order valence-corrected chi connectivity index (χ4v) is 2.70. The van der Waals surface area contributed by atoms with Gasteiger partial charge in [-0.15, -0.1) is 0 Å². The van der Waals surface area contributed by atoms with E-state index < -0.39 is 11.7 Å². The van der Waals surface area contributed by atoms with Gasteiger partial charge in [-0.1, -0.05) is 18.2 Å². The van der Waals surface area contributed by atoms with E-state index >= 15 is 0 Å². The highest BCUT2D eigenvalue weighted by molar-refractivity contribution is 6.04. The van der Waals surface area contributed by atoms with Gasteiger partial charge in [0.05, 0.1) is 0 Å². The Bertz CT molecular complexity index is 1100. The highest BCUT2D eigenvalue weighted by Gasteiger charge is 2.08. The Labute approximate surface area is 178 Å². The summed E-state index contributed by atoms with van der Waals surface area (Å²) < 4.78 is 18.4. The van der Waals surface area contributed by atoms with Crippen molar-refractivity contribution in [1.29, 1.82) is 0 Å².